The normalized spacial score (nSPS) is 16.5. The highest BCUT2D eigenvalue weighted by Crippen LogP contribution is 2.40. The van der Waals surface area contributed by atoms with Gasteiger partial charge in [-0.25, -0.2) is 9.07 Å². The maximum absolute atomic E-state index is 13.6. The second-order valence-corrected chi connectivity index (χ2v) is 6.11. The molecule has 2 heterocycles. The van der Waals surface area contributed by atoms with Crippen LogP contribution < -0.4 is 5.73 Å². The van der Waals surface area contributed by atoms with Crippen molar-refractivity contribution in [3.05, 3.63) is 41.6 Å². The van der Waals surface area contributed by atoms with Crippen LogP contribution in [0.3, 0.4) is 0 Å². The van der Waals surface area contributed by atoms with Crippen molar-refractivity contribution in [2.45, 2.75) is 31.0 Å². The fraction of sp³-hybridized carbons (Fsp3) is 0.333. The molecule has 1 saturated carbocycles. The highest BCUT2D eigenvalue weighted by Gasteiger charge is 2.43. The lowest BCUT2D eigenvalue weighted by Gasteiger charge is -2.34. The maximum atomic E-state index is 13.6. The van der Waals surface area contributed by atoms with Crippen LogP contribution in [-0.2, 0) is 11.7 Å². The minimum Gasteiger partial charge on any atom is -0.332 e. The standard InChI is InChI=1S/C15H12F4N6O/c16-8-3-1-4-9(7-8)25-11(15(17,18)19)10(22-24-25)12-21-13(23-26-12)14(20)5-2-6-14/h1,3-4,7H,2,5-6,20H2. The molecule has 0 unspecified atom stereocenters. The van der Waals surface area contributed by atoms with Gasteiger partial charge in [-0.1, -0.05) is 16.4 Å². The minimum absolute atomic E-state index is 0.132. The Morgan fingerprint density at radius 1 is 1.23 bits per heavy atom. The van der Waals surface area contributed by atoms with E-state index in [0.717, 1.165) is 18.6 Å². The lowest BCUT2D eigenvalue weighted by atomic mass is 9.77. The van der Waals surface area contributed by atoms with Gasteiger partial charge in [-0.2, -0.15) is 18.2 Å². The fourth-order valence-electron chi connectivity index (χ4n) is 2.77. The molecule has 0 spiro atoms. The molecule has 0 amide bonds. The molecule has 0 bridgehead atoms. The van der Waals surface area contributed by atoms with Crippen molar-refractivity contribution in [2.24, 2.45) is 5.73 Å². The van der Waals surface area contributed by atoms with Gasteiger partial charge in [0.2, 0.25) is 0 Å². The summed E-state index contributed by atoms with van der Waals surface area (Å²) in [5.41, 5.74) is 3.26. The van der Waals surface area contributed by atoms with E-state index in [0.29, 0.717) is 17.5 Å². The van der Waals surface area contributed by atoms with E-state index >= 15 is 0 Å². The van der Waals surface area contributed by atoms with Gasteiger partial charge in [-0.05, 0) is 37.5 Å². The second-order valence-electron chi connectivity index (χ2n) is 6.11. The number of aromatic nitrogens is 5. The maximum Gasteiger partial charge on any atom is 0.435 e. The molecule has 136 valence electrons. The summed E-state index contributed by atoms with van der Waals surface area (Å²) in [4.78, 5) is 3.98. The van der Waals surface area contributed by atoms with Crippen LogP contribution in [0, 0.1) is 5.82 Å². The summed E-state index contributed by atoms with van der Waals surface area (Å²) in [6.45, 7) is 0. The number of hydrogen-bond donors (Lipinski definition) is 1. The molecule has 2 aromatic heterocycles. The molecule has 3 aromatic rings. The van der Waals surface area contributed by atoms with E-state index in [1.165, 1.54) is 12.1 Å². The van der Waals surface area contributed by atoms with E-state index in [4.69, 9.17) is 10.3 Å². The monoisotopic (exact) mass is 368 g/mol. The van der Waals surface area contributed by atoms with Crippen LogP contribution in [0.15, 0.2) is 28.8 Å². The van der Waals surface area contributed by atoms with Crippen molar-refractivity contribution in [3.63, 3.8) is 0 Å². The first-order valence-electron chi connectivity index (χ1n) is 7.70. The van der Waals surface area contributed by atoms with Gasteiger partial charge >= 0.3 is 6.18 Å². The number of hydrogen-bond acceptors (Lipinski definition) is 6. The molecule has 1 aromatic carbocycles. The second kappa shape index (κ2) is 5.59. The highest BCUT2D eigenvalue weighted by atomic mass is 19.4. The molecular formula is C15H12F4N6O. The van der Waals surface area contributed by atoms with Gasteiger partial charge in [-0.15, -0.1) is 5.10 Å². The summed E-state index contributed by atoms with van der Waals surface area (Å²) >= 11 is 0. The zero-order valence-electron chi connectivity index (χ0n) is 13.2. The Bertz CT molecular complexity index is 959. The summed E-state index contributed by atoms with van der Waals surface area (Å²) in [6.07, 6.45) is -2.72. The third kappa shape index (κ3) is 2.64. The van der Waals surface area contributed by atoms with Gasteiger partial charge in [-0.3, -0.25) is 0 Å². The van der Waals surface area contributed by atoms with Gasteiger partial charge in [0.1, 0.15) is 5.82 Å². The van der Waals surface area contributed by atoms with Crippen LogP contribution in [0.1, 0.15) is 30.8 Å². The summed E-state index contributed by atoms with van der Waals surface area (Å²) < 4.78 is 59.7. The SMILES string of the molecule is NC1(c2noc(-c3nnn(-c4cccc(F)c4)c3C(F)(F)F)n2)CCC1. The number of halogens is 4. The summed E-state index contributed by atoms with van der Waals surface area (Å²) in [6, 6.07) is 4.57. The molecular weight excluding hydrogens is 356 g/mol. The zero-order valence-corrected chi connectivity index (χ0v) is 13.2. The number of benzene rings is 1. The molecule has 0 radical (unpaired) electrons. The Kier molecular flexibility index (Phi) is 3.58. The molecule has 0 atom stereocenters. The van der Waals surface area contributed by atoms with Crippen LogP contribution in [0.5, 0.6) is 0 Å². The van der Waals surface area contributed by atoms with E-state index in [9.17, 15) is 17.6 Å². The van der Waals surface area contributed by atoms with Gasteiger partial charge in [0.25, 0.3) is 5.89 Å². The van der Waals surface area contributed by atoms with Crippen LogP contribution in [0.2, 0.25) is 0 Å². The molecule has 11 heteroatoms. The van der Waals surface area contributed by atoms with Crippen molar-refractivity contribution in [1.29, 1.82) is 0 Å². The van der Waals surface area contributed by atoms with E-state index in [-0.39, 0.29) is 11.5 Å². The smallest absolute Gasteiger partial charge is 0.332 e. The molecule has 2 N–H and O–H groups in total. The fourth-order valence-corrected chi connectivity index (χ4v) is 2.77. The third-order valence-electron chi connectivity index (χ3n) is 4.31. The van der Waals surface area contributed by atoms with Crippen molar-refractivity contribution in [3.8, 4) is 17.3 Å². The first-order valence-corrected chi connectivity index (χ1v) is 7.70. The van der Waals surface area contributed by atoms with Gasteiger partial charge < -0.3 is 10.3 Å². The van der Waals surface area contributed by atoms with Gasteiger partial charge in [0.05, 0.1) is 11.2 Å². The van der Waals surface area contributed by atoms with E-state index < -0.39 is 34.8 Å². The Morgan fingerprint density at radius 2 is 2.00 bits per heavy atom. The van der Waals surface area contributed by atoms with E-state index in [1.54, 1.807) is 0 Å². The first-order chi connectivity index (χ1) is 12.3. The van der Waals surface area contributed by atoms with E-state index in [1.807, 2.05) is 0 Å². The molecule has 7 nitrogen and oxygen atoms in total. The Morgan fingerprint density at radius 3 is 2.62 bits per heavy atom. The minimum atomic E-state index is -4.84. The zero-order chi connectivity index (χ0) is 18.5. The summed E-state index contributed by atoms with van der Waals surface area (Å²) in [7, 11) is 0. The van der Waals surface area contributed by atoms with E-state index in [2.05, 4.69) is 20.5 Å². The average Bonchev–Trinajstić information content (AvgIpc) is 3.19. The van der Waals surface area contributed by atoms with Crippen molar-refractivity contribution < 1.29 is 22.1 Å². The van der Waals surface area contributed by atoms with Crippen molar-refractivity contribution >= 4 is 0 Å². The highest BCUT2D eigenvalue weighted by molar-refractivity contribution is 5.53. The van der Waals surface area contributed by atoms with Crippen molar-refractivity contribution in [2.75, 3.05) is 0 Å². The largest absolute Gasteiger partial charge is 0.435 e. The molecule has 1 aliphatic carbocycles. The summed E-state index contributed by atoms with van der Waals surface area (Å²) in [5, 5.41) is 10.7. The lowest BCUT2D eigenvalue weighted by molar-refractivity contribution is -0.142. The molecule has 0 saturated heterocycles. The predicted octanol–water partition coefficient (Wildman–Crippen LogP) is 2.81. The number of alkyl halides is 3. The van der Waals surface area contributed by atoms with Crippen LogP contribution in [0.25, 0.3) is 17.3 Å². The summed E-state index contributed by atoms with van der Waals surface area (Å²) in [5.74, 6) is -1.01. The third-order valence-corrected chi connectivity index (χ3v) is 4.31. The van der Waals surface area contributed by atoms with Crippen LogP contribution in [-0.4, -0.2) is 25.1 Å². The quantitative estimate of drug-likeness (QED) is 0.714. The molecule has 26 heavy (non-hydrogen) atoms. The molecule has 4 rings (SSSR count). The van der Waals surface area contributed by atoms with Gasteiger partial charge in [0, 0.05) is 0 Å². The topological polar surface area (TPSA) is 95.6 Å². The predicted molar refractivity (Wildman–Crippen MR) is 79.3 cm³/mol. The number of nitrogens with two attached hydrogens (primary N) is 1. The Hall–Kier alpha value is -2.82. The van der Waals surface area contributed by atoms with Crippen molar-refractivity contribution in [1.82, 2.24) is 25.1 Å². The Labute approximate surface area is 143 Å². The average molecular weight is 368 g/mol. The number of rotatable bonds is 3. The molecule has 1 aliphatic rings. The first kappa shape index (κ1) is 16.6. The molecule has 0 aliphatic heterocycles. The van der Waals surface area contributed by atoms with Gasteiger partial charge in [0.15, 0.2) is 17.2 Å². The van der Waals surface area contributed by atoms with Crippen LogP contribution in [0.4, 0.5) is 17.6 Å². The lowest BCUT2D eigenvalue weighted by Crippen LogP contribution is -2.44. The van der Waals surface area contributed by atoms with Crippen LogP contribution >= 0.6 is 0 Å². The number of nitrogens with zero attached hydrogens (tertiary/aromatic N) is 5. The molecule has 1 fully saturated rings. The Balaban J connectivity index is 1.83.